The smallest absolute Gasteiger partial charge is 0.254 e. The maximum atomic E-state index is 13.0. The molecule has 0 spiro atoms. The molecule has 2 amide bonds. The zero-order chi connectivity index (χ0) is 19.2. The first kappa shape index (κ1) is 19.7. The molecule has 0 radical (unpaired) electrons. The van der Waals surface area contributed by atoms with E-state index in [4.69, 9.17) is 9.47 Å². The number of rotatable bonds is 5. The summed E-state index contributed by atoms with van der Waals surface area (Å²) >= 11 is 0. The van der Waals surface area contributed by atoms with Gasteiger partial charge in [-0.1, -0.05) is 19.9 Å². The molecule has 0 aliphatic carbocycles. The van der Waals surface area contributed by atoms with E-state index in [9.17, 15) is 9.59 Å². The summed E-state index contributed by atoms with van der Waals surface area (Å²) in [7, 11) is 0. The van der Waals surface area contributed by atoms with Crippen molar-refractivity contribution in [3.8, 4) is 5.75 Å². The van der Waals surface area contributed by atoms with E-state index >= 15 is 0 Å². The van der Waals surface area contributed by atoms with Gasteiger partial charge < -0.3 is 19.3 Å². The van der Waals surface area contributed by atoms with E-state index in [1.54, 1.807) is 6.07 Å². The van der Waals surface area contributed by atoms with Crippen molar-refractivity contribution in [2.75, 3.05) is 46.0 Å². The van der Waals surface area contributed by atoms with Gasteiger partial charge in [-0.3, -0.25) is 9.59 Å². The molecule has 2 heterocycles. The monoisotopic (exact) mass is 374 g/mol. The zero-order valence-corrected chi connectivity index (χ0v) is 16.4. The fourth-order valence-electron chi connectivity index (χ4n) is 3.57. The van der Waals surface area contributed by atoms with Gasteiger partial charge in [0.15, 0.2) is 0 Å². The highest BCUT2D eigenvalue weighted by Gasteiger charge is 2.32. The van der Waals surface area contributed by atoms with Gasteiger partial charge in [0, 0.05) is 31.7 Å². The molecule has 2 aliphatic heterocycles. The van der Waals surface area contributed by atoms with Crippen LogP contribution in [0, 0.1) is 11.8 Å². The van der Waals surface area contributed by atoms with Gasteiger partial charge in [-0.05, 0) is 37.0 Å². The molecule has 27 heavy (non-hydrogen) atoms. The molecule has 1 atom stereocenters. The fourth-order valence-corrected chi connectivity index (χ4v) is 3.57. The van der Waals surface area contributed by atoms with Crippen LogP contribution in [-0.4, -0.2) is 67.6 Å². The summed E-state index contributed by atoms with van der Waals surface area (Å²) in [6.07, 6.45) is 1.70. The number of nitrogens with zero attached hydrogens (tertiary/aromatic N) is 2. The lowest BCUT2D eigenvalue weighted by Gasteiger charge is -2.36. The molecule has 0 bridgehead atoms. The molecule has 2 aliphatic rings. The Bertz CT molecular complexity index is 655. The summed E-state index contributed by atoms with van der Waals surface area (Å²) in [6.45, 7) is 8.50. The second-order valence-corrected chi connectivity index (χ2v) is 7.76. The summed E-state index contributed by atoms with van der Waals surface area (Å²) in [6, 6.07) is 7.35. The molecule has 0 saturated carbocycles. The number of likely N-dealkylation sites (tertiary alicyclic amines) is 1. The van der Waals surface area contributed by atoms with E-state index in [1.807, 2.05) is 28.0 Å². The summed E-state index contributed by atoms with van der Waals surface area (Å²) in [5.41, 5.74) is 0.621. The van der Waals surface area contributed by atoms with E-state index < -0.39 is 0 Å². The Kier molecular flexibility index (Phi) is 6.72. The molecule has 6 heteroatoms. The van der Waals surface area contributed by atoms with Gasteiger partial charge in [0.2, 0.25) is 5.91 Å². The van der Waals surface area contributed by atoms with Crippen LogP contribution in [0.2, 0.25) is 0 Å². The van der Waals surface area contributed by atoms with Gasteiger partial charge in [-0.2, -0.15) is 0 Å². The van der Waals surface area contributed by atoms with Gasteiger partial charge in [-0.15, -0.1) is 0 Å². The van der Waals surface area contributed by atoms with E-state index in [2.05, 4.69) is 13.8 Å². The average Bonchev–Trinajstić information content (AvgIpc) is 2.72. The fraction of sp³-hybridized carbons (Fsp3) is 0.619. The predicted molar refractivity (Wildman–Crippen MR) is 103 cm³/mol. The van der Waals surface area contributed by atoms with Crippen LogP contribution in [0.5, 0.6) is 5.75 Å². The highest BCUT2D eigenvalue weighted by Crippen LogP contribution is 2.23. The number of hydrogen-bond donors (Lipinski definition) is 0. The number of ether oxygens (including phenoxy) is 2. The first-order valence-electron chi connectivity index (χ1n) is 9.93. The van der Waals surface area contributed by atoms with Crippen LogP contribution >= 0.6 is 0 Å². The van der Waals surface area contributed by atoms with Gasteiger partial charge in [0.1, 0.15) is 5.75 Å². The second kappa shape index (κ2) is 9.22. The summed E-state index contributed by atoms with van der Waals surface area (Å²) < 4.78 is 11.1. The Morgan fingerprint density at radius 1 is 1.19 bits per heavy atom. The maximum Gasteiger partial charge on any atom is 0.254 e. The van der Waals surface area contributed by atoms with Crippen LogP contribution in [0.3, 0.4) is 0 Å². The van der Waals surface area contributed by atoms with Crippen LogP contribution in [0.15, 0.2) is 24.3 Å². The van der Waals surface area contributed by atoms with E-state index in [-0.39, 0.29) is 17.7 Å². The van der Waals surface area contributed by atoms with Crippen LogP contribution < -0.4 is 4.74 Å². The molecule has 3 rings (SSSR count). The minimum Gasteiger partial charge on any atom is -0.493 e. The number of morpholine rings is 1. The third kappa shape index (κ3) is 5.22. The normalized spacial score (nSPS) is 20.6. The molecule has 1 unspecified atom stereocenters. The largest absolute Gasteiger partial charge is 0.493 e. The van der Waals surface area contributed by atoms with Crippen molar-refractivity contribution in [3.05, 3.63) is 29.8 Å². The Balaban J connectivity index is 1.62. The van der Waals surface area contributed by atoms with Crippen molar-refractivity contribution >= 4 is 11.8 Å². The van der Waals surface area contributed by atoms with Crippen molar-refractivity contribution in [2.45, 2.75) is 26.7 Å². The molecule has 1 aromatic carbocycles. The van der Waals surface area contributed by atoms with Gasteiger partial charge in [0.05, 0.1) is 25.7 Å². The SMILES string of the molecule is CC(C)COc1cccc(C(=O)N2CCCC(C(=O)N3CCOCC3)C2)c1. The number of benzene rings is 1. The molecule has 2 fully saturated rings. The average molecular weight is 374 g/mol. The van der Waals surface area contributed by atoms with Crippen molar-refractivity contribution < 1.29 is 19.1 Å². The van der Waals surface area contributed by atoms with Gasteiger partial charge in [0.25, 0.3) is 5.91 Å². The van der Waals surface area contributed by atoms with Crippen LogP contribution in [0.1, 0.15) is 37.0 Å². The van der Waals surface area contributed by atoms with Gasteiger partial charge in [-0.25, -0.2) is 0 Å². The molecular formula is C21H30N2O4. The van der Waals surface area contributed by atoms with Crippen LogP contribution in [0.4, 0.5) is 0 Å². The zero-order valence-electron chi connectivity index (χ0n) is 16.4. The number of carbonyl (C=O) groups excluding carboxylic acids is 2. The lowest BCUT2D eigenvalue weighted by molar-refractivity contribution is -0.141. The third-order valence-electron chi connectivity index (χ3n) is 5.04. The van der Waals surface area contributed by atoms with Crippen LogP contribution in [-0.2, 0) is 9.53 Å². The summed E-state index contributed by atoms with van der Waals surface area (Å²) in [5, 5.41) is 0. The topological polar surface area (TPSA) is 59.1 Å². The predicted octanol–water partition coefficient (Wildman–Crippen LogP) is 2.43. The molecule has 0 N–H and O–H groups in total. The Labute approximate surface area is 161 Å². The number of piperidine rings is 1. The number of hydrogen-bond acceptors (Lipinski definition) is 4. The summed E-state index contributed by atoms with van der Waals surface area (Å²) in [4.78, 5) is 29.4. The maximum absolute atomic E-state index is 13.0. The van der Waals surface area contributed by atoms with Crippen molar-refractivity contribution in [3.63, 3.8) is 0 Å². The number of carbonyl (C=O) groups is 2. The van der Waals surface area contributed by atoms with E-state index in [0.29, 0.717) is 63.2 Å². The molecule has 6 nitrogen and oxygen atoms in total. The molecular weight excluding hydrogens is 344 g/mol. The Morgan fingerprint density at radius 3 is 2.70 bits per heavy atom. The highest BCUT2D eigenvalue weighted by atomic mass is 16.5. The van der Waals surface area contributed by atoms with Gasteiger partial charge >= 0.3 is 0 Å². The first-order valence-corrected chi connectivity index (χ1v) is 9.93. The summed E-state index contributed by atoms with van der Waals surface area (Å²) in [5.74, 6) is 1.17. The van der Waals surface area contributed by atoms with E-state index in [0.717, 1.165) is 12.8 Å². The van der Waals surface area contributed by atoms with Crippen LogP contribution in [0.25, 0.3) is 0 Å². The first-order chi connectivity index (χ1) is 13.0. The molecule has 148 valence electrons. The molecule has 2 saturated heterocycles. The highest BCUT2D eigenvalue weighted by molar-refractivity contribution is 5.95. The molecule has 1 aromatic rings. The van der Waals surface area contributed by atoms with Crippen molar-refractivity contribution in [1.82, 2.24) is 9.80 Å². The van der Waals surface area contributed by atoms with Crippen molar-refractivity contribution in [2.24, 2.45) is 11.8 Å². The second-order valence-electron chi connectivity index (χ2n) is 7.76. The Hall–Kier alpha value is -2.08. The lowest BCUT2D eigenvalue weighted by atomic mass is 9.95. The Morgan fingerprint density at radius 2 is 1.96 bits per heavy atom. The minimum absolute atomic E-state index is 0.0236. The molecule has 0 aromatic heterocycles. The lowest BCUT2D eigenvalue weighted by Crippen LogP contribution is -2.49. The quantitative estimate of drug-likeness (QED) is 0.794. The van der Waals surface area contributed by atoms with E-state index in [1.165, 1.54) is 0 Å². The standard InChI is InChI=1S/C21H30N2O4/c1-16(2)15-27-19-7-3-5-17(13-19)20(24)23-8-4-6-18(14-23)21(25)22-9-11-26-12-10-22/h3,5,7,13,16,18H,4,6,8-12,14-15H2,1-2H3. The minimum atomic E-state index is -0.110. The number of amides is 2. The third-order valence-corrected chi connectivity index (χ3v) is 5.04. The van der Waals surface area contributed by atoms with Crippen molar-refractivity contribution in [1.29, 1.82) is 0 Å².